The van der Waals surface area contributed by atoms with E-state index in [4.69, 9.17) is 4.74 Å². The van der Waals surface area contributed by atoms with Crippen LogP contribution in [0.4, 0.5) is 10.1 Å². The fourth-order valence-corrected chi connectivity index (χ4v) is 3.18. The Morgan fingerprint density at radius 1 is 1.14 bits per heavy atom. The molecule has 5 heteroatoms. The van der Waals surface area contributed by atoms with Gasteiger partial charge in [0, 0.05) is 31.4 Å². The monoisotopic (exact) mass is 306 g/mol. The molecule has 2 aliphatic rings. The number of carbonyl (C=O) groups excluding carboxylic acids is 1. The zero-order chi connectivity index (χ0) is 15.4. The zero-order valence-corrected chi connectivity index (χ0v) is 12.8. The summed E-state index contributed by atoms with van der Waals surface area (Å²) in [5.41, 5.74) is 1.04. The Morgan fingerprint density at radius 3 is 2.50 bits per heavy atom. The summed E-state index contributed by atoms with van der Waals surface area (Å²) in [6.07, 6.45) is 4.52. The molecule has 1 amide bonds. The average Bonchev–Trinajstić information content (AvgIpc) is 2.57. The Hall–Kier alpha value is -1.62. The normalized spacial score (nSPS) is 23.3. The Kier molecular flexibility index (Phi) is 4.93. The van der Waals surface area contributed by atoms with E-state index in [0.717, 1.165) is 50.9 Å². The molecular weight excluding hydrogens is 283 g/mol. The second kappa shape index (κ2) is 7.09. The van der Waals surface area contributed by atoms with Gasteiger partial charge in [0.15, 0.2) is 0 Å². The fraction of sp³-hybridized carbons (Fsp3) is 0.588. The van der Waals surface area contributed by atoms with E-state index >= 15 is 0 Å². The SMILES string of the molecule is O=C(NC1CCN(c2ccc(F)cc2)CC1)[C@H]1CCCCO1. The summed E-state index contributed by atoms with van der Waals surface area (Å²) in [5, 5.41) is 3.12. The summed E-state index contributed by atoms with van der Waals surface area (Å²) in [4.78, 5) is 14.4. The molecule has 2 saturated heterocycles. The van der Waals surface area contributed by atoms with Gasteiger partial charge in [-0.25, -0.2) is 4.39 Å². The molecule has 4 nitrogen and oxygen atoms in total. The van der Waals surface area contributed by atoms with Crippen molar-refractivity contribution in [3.8, 4) is 0 Å². The number of rotatable bonds is 3. The molecule has 3 rings (SSSR count). The molecule has 0 radical (unpaired) electrons. The van der Waals surface area contributed by atoms with Gasteiger partial charge in [-0.3, -0.25) is 4.79 Å². The number of nitrogens with one attached hydrogen (secondary N) is 1. The molecule has 0 saturated carbocycles. The summed E-state index contributed by atoms with van der Waals surface area (Å²) in [6.45, 7) is 2.45. The predicted molar refractivity (Wildman–Crippen MR) is 83.4 cm³/mol. The zero-order valence-electron chi connectivity index (χ0n) is 12.8. The Bertz CT molecular complexity index is 492. The number of benzene rings is 1. The lowest BCUT2D eigenvalue weighted by Gasteiger charge is -2.34. The van der Waals surface area contributed by atoms with E-state index in [1.165, 1.54) is 12.1 Å². The number of hydrogen-bond donors (Lipinski definition) is 1. The highest BCUT2D eigenvalue weighted by atomic mass is 19.1. The summed E-state index contributed by atoms with van der Waals surface area (Å²) >= 11 is 0. The van der Waals surface area contributed by atoms with Crippen LogP contribution in [0.25, 0.3) is 0 Å². The van der Waals surface area contributed by atoms with Gasteiger partial charge in [-0.15, -0.1) is 0 Å². The average molecular weight is 306 g/mol. The van der Waals surface area contributed by atoms with Gasteiger partial charge in [0.25, 0.3) is 0 Å². The minimum absolute atomic E-state index is 0.0416. The molecule has 120 valence electrons. The topological polar surface area (TPSA) is 41.6 Å². The number of halogens is 1. The van der Waals surface area contributed by atoms with Crippen LogP contribution in [0.3, 0.4) is 0 Å². The number of hydrogen-bond acceptors (Lipinski definition) is 3. The molecule has 0 aliphatic carbocycles. The van der Waals surface area contributed by atoms with Gasteiger partial charge in [-0.1, -0.05) is 0 Å². The molecule has 0 bridgehead atoms. The highest BCUT2D eigenvalue weighted by Gasteiger charge is 2.26. The fourth-order valence-electron chi connectivity index (χ4n) is 3.18. The third-order valence-corrected chi connectivity index (χ3v) is 4.51. The first-order valence-electron chi connectivity index (χ1n) is 8.15. The van der Waals surface area contributed by atoms with E-state index in [0.29, 0.717) is 6.61 Å². The maximum atomic E-state index is 13.0. The number of anilines is 1. The summed E-state index contributed by atoms with van der Waals surface area (Å²) < 4.78 is 18.5. The molecular formula is C17H23FN2O2. The number of carbonyl (C=O) groups is 1. The van der Waals surface area contributed by atoms with Crippen molar-refractivity contribution in [3.63, 3.8) is 0 Å². The molecule has 1 aromatic carbocycles. The highest BCUT2D eigenvalue weighted by molar-refractivity contribution is 5.81. The van der Waals surface area contributed by atoms with Gasteiger partial charge >= 0.3 is 0 Å². The van der Waals surface area contributed by atoms with Crippen molar-refractivity contribution < 1.29 is 13.9 Å². The van der Waals surface area contributed by atoms with Crippen molar-refractivity contribution in [2.24, 2.45) is 0 Å². The standard InChI is InChI=1S/C17H23FN2O2/c18-13-4-6-15(7-5-13)20-10-8-14(9-11-20)19-17(21)16-3-1-2-12-22-16/h4-7,14,16H,1-3,8-12H2,(H,19,21)/t16-/m1/s1. The van der Waals surface area contributed by atoms with Gasteiger partial charge in [-0.05, 0) is 56.4 Å². The van der Waals surface area contributed by atoms with Crippen molar-refractivity contribution in [1.82, 2.24) is 5.32 Å². The van der Waals surface area contributed by atoms with Gasteiger partial charge in [0.1, 0.15) is 11.9 Å². The summed E-state index contributed by atoms with van der Waals surface area (Å²) in [7, 11) is 0. The van der Waals surface area contributed by atoms with Crippen LogP contribution < -0.4 is 10.2 Å². The number of nitrogens with zero attached hydrogens (tertiary/aromatic N) is 1. The lowest BCUT2D eigenvalue weighted by molar-refractivity contribution is -0.136. The second-order valence-electron chi connectivity index (χ2n) is 6.10. The second-order valence-corrected chi connectivity index (χ2v) is 6.10. The van der Waals surface area contributed by atoms with Gasteiger partial charge in [0.05, 0.1) is 0 Å². The molecule has 2 fully saturated rings. The lowest BCUT2D eigenvalue weighted by atomic mass is 10.0. The minimum atomic E-state index is -0.260. The molecule has 22 heavy (non-hydrogen) atoms. The van der Waals surface area contributed by atoms with Crippen LogP contribution >= 0.6 is 0 Å². The quantitative estimate of drug-likeness (QED) is 0.933. The lowest BCUT2D eigenvalue weighted by Crippen LogP contribution is -2.48. The minimum Gasteiger partial charge on any atom is -0.371 e. The third kappa shape index (κ3) is 3.77. The van der Waals surface area contributed by atoms with Crippen molar-refractivity contribution >= 4 is 11.6 Å². The van der Waals surface area contributed by atoms with Crippen LogP contribution in [-0.4, -0.2) is 37.7 Å². The highest BCUT2D eigenvalue weighted by Crippen LogP contribution is 2.21. The van der Waals surface area contributed by atoms with E-state index in [2.05, 4.69) is 10.2 Å². The first-order valence-corrected chi connectivity index (χ1v) is 8.15. The van der Waals surface area contributed by atoms with Gasteiger partial charge in [0.2, 0.25) is 5.91 Å². The van der Waals surface area contributed by atoms with E-state index < -0.39 is 0 Å². The van der Waals surface area contributed by atoms with Crippen LogP contribution in [0.5, 0.6) is 0 Å². The van der Waals surface area contributed by atoms with Crippen molar-refractivity contribution in [2.75, 3.05) is 24.6 Å². The molecule has 1 N–H and O–H groups in total. The van der Waals surface area contributed by atoms with Crippen LogP contribution in [-0.2, 0) is 9.53 Å². The van der Waals surface area contributed by atoms with Crippen LogP contribution in [0.2, 0.25) is 0 Å². The molecule has 0 spiro atoms. The van der Waals surface area contributed by atoms with Crippen molar-refractivity contribution in [2.45, 2.75) is 44.2 Å². The Balaban J connectivity index is 1.47. The van der Waals surface area contributed by atoms with E-state index in [1.54, 1.807) is 0 Å². The van der Waals surface area contributed by atoms with Gasteiger partial charge in [-0.2, -0.15) is 0 Å². The van der Waals surface area contributed by atoms with Crippen LogP contribution in [0.15, 0.2) is 24.3 Å². The molecule has 1 atom stereocenters. The van der Waals surface area contributed by atoms with Crippen LogP contribution in [0.1, 0.15) is 32.1 Å². The number of piperidine rings is 1. The van der Waals surface area contributed by atoms with E-state index in [1.807, 2.05) is 12.1 Å². The van der Waals surface area contributed by atoms with Gasteiger partial charge < -0.3 is 15.0 Å². The van der Waals surface area contributed by atoms with Crippen LogP contribution in [0, 0.1) is 5.82 Å². The Morgan fingerprint density at radius 2 is 1.86 bits per heavy atom. The number of amides is 1. The van der Waals surface area contributed by atoms with E-state index in [-0.39, 0.29) is 23.9 Å². The molecule has 2 aliphatic heterocycles. The molecule has 0 aromatic heterocycles. The summed E-state index contributed by atoms with van der Waals surface area (Å²) in [6, 6.07) is 6.82. The number of ether oxygens (including phenoxy) is 1. The van der Waals surface area contributed by atoms with Crippen molar-refractivity contribution in [1.29, 1.82) is 0 Å². The smallest absolute Gasteiger partial charge is 0.249 e. The largest absolute Gasteiger partial charge is 0.371 e. The van der Waals surface area contributed by atoms with E-state index in [9.17, 15) is 9.18 Å². The first-order chi connectivity index (χ1) is 10.7. The third-order valence-electron chi connectivity index (χ3n) is 4.51. The maximum absolute atomic E-state index is 13.0. The first kappa shape index (κ1) is 15.3. The predicted octanol–water partition coefficient (Wildman–Crippen LogP) is 2.48. The van der Waals surface area contributed by atoms with Crippen molar-refractivity contribution in [3.05, 3.63) is 30.1 Å². The molecule has 0 unspecified atom stereocenters. The summed E-state index contributed by atoms with van der Waals surface area (Å²) in [5.74, 6) is -0.168. The Labute approximate surface area is 130 Å². The maximum Gasteiger partial charge on any atom is 0.249 e. The molecule has 2 heterocycles. The molecule has 1 aromatic rings.